The van der Waals surface area contributed by atoms with Crippen molar-refractivity contribution in [2.45, 2.75) is 45.1 Å². The van der Waals surface area contributed by atoms with E-state index in [-0.39, 0.29) is 17.8 Å². The van der Waals surface area contributed by atoms with Crippen molar-refractivity contribution in [3.63, 3.8) is 0 Å². The highest BCUT2D eigenvalue weighted by Crippen LogP contribution is 2.19. The van der Waals surface area contributed by atoms with E-state index in [1.54, 1.807) is 5.38 Å². The number of aromatic nitrogens is 1. The Balaban J connectivity index is 1.75. The van der Waals surface area contributed by atoms with Crippen LogP contribution in [0.4, 0.5) is 5.13 Å². The highest BCUT2D eigenvalue weighted by Gasteiger charge is 2.16. The third-order valence-corrected chi connectivity index (χ3v) is 3.84. The second kappa shape index (κ2) is 6.77. The minimum Gasteiger partial charge on any atom is -0.378 e. The number of amides is 1. The van der Waals surface area contributed by atoms with Crippen LogP contribution in [0.3, 0.4) is 0 Å². The largest absolute Gasteiger partial charge is 0.378 e. The SMILES string of the molecule is CC(=O)c1csc(NC(=O)CCC2CCCCO2)n1. The van der Waals surface area contributed by atoms with Crippen LogP contribution in [0.1, 0.15) is 49.5 Å². The van der Waals surface area contributed by atoms with Gasteiger partial charge in [0, 0.05) is 25.3 Å². The van der Waals surface area contributed by atoms with Crippen molar-refractivity contribution in [2.24, 2.45) is 0 Å². The third kappa shape index (κ3) is 4.40. The molecule has 1 aromatic rings. The number of ketones is 1. The molecule has 0 bridgehead atoms. The molecule has 1 aromatic heterocycles. The zero-order valence-electron chi connectivity index (χ0n) is 11.0. The molecule has 1 amide bonds. The van der Waals surface area contributed by atoms with Crippen LogP contribution in [0.2, 0.25) is 0 Å². The van der Waals surface area contributed by atoms with E-state index in [0.717, 1.165) is 25.9 Å². The van der Waals surface area contributed by atoms with Crippen LogP contribution >= 0.6 is 11.3 Å². The number of carbonyl (C=O) groups is 2. The van der Waals surface area contributed by atoms with E-state index in [4.69, 9.17) is 4.74 Å². The maximum absolute atomic E-state index is 11.7. The molecule has 1 aliphatic heterocycles. The van der Waals surface area contributed by atoms with E-state index in [9.17, 15) is 9.59 Å². The highest BCUT2D eigenvalue weighted by molar-refractivity contribution is 7.14. The third-order valence-electron chi connectivity index (χ3n) is 3.08. The summed E-state index contributed by atoms with van der Waals surface area (Å²) in [6.07, 6.45) is 4.73. The second-order valence-electron chi connectivity index (χ2n) is 4.67. The molecule has 1 fully saturated rings. The topological polar surface area (TPSA) is 68.3 Å². The Morgan fingerprint density at radius 3 is 3.00 bits per heavy atom. The van der Waals surface area contributed by atoms with Crippen LogP contribution in [0, 0.1) is 0 Å². The van der Waals surface area contributed by atoms with Gasteiger partial charge in [-0.05, 0) is 25.7 Å². The van der Waals surface area contributed by atoms with Crippen molar-refractivity contribution >= 4 is 28.2 Å². The molecule has 19 heavy (non-hydrogen) atoms. The Morgan fingerprint density at radius 2 is 2.37 bits per heavy atom. The van der Waals surface area contributed by atoms with Gasteiger partial charge < -0.3 is 10.1 Å². The Labute approximate surface area is 116 Å². The maximum Gasteiger partial charge on any atom is 0.226 e. The summed E-state index contributed by atoms with van der Waals surface area (Å²) >= 11 is 1.27. The van der Waals surface area contributed by atoms with Gasteiger partial charge in [-0.2, -0.15) is 0 Å². The second-order valence-corrected chi connectivity index (χ2v) is 5.53. The lowest BCUT2D eigenvalue weighted by molar-refractivity contribution is -0.117. The van der Waals surface area contributed by atoms with Crippen molar-refractivity contribution in [2.75, 3.05) is 11.9 Å². The number of nitrogens with zero attached hydrogens (tertiary/aromatic N) is 1. The molecule has 2 heterocycles. The molecule has 0 aromatic carbocycles. The molecule has 0 radical (unpaired) electrons. The number of carbonyl (C=O) groups excluding carboxylic acids is 2. The number of anilines is 1. The lowest BCUT2D eigenvalue weighted by Crippen LogP contribution is -2.21. The molecule has 1 saturated heterocycles. The zero-order chi connectivity index (χ0) is 13.7. The van der Waals surface area contributed by atoms with Crippen LogP contribution < -0.4 is 5.32 Å². The summed E-state index contributed by atoms with van der Waals surface area (Å²) in [6.45, 7) is 2.27. The molecule has 1 unspecified atom stereocenters. The molecule has 6 heteroatoms. The zero-order valence-corrected chi connectivity index (χ0v) is 11.8. The normalized spacial score (nSPS) is 19.1. The van der Waals surface area contributed by atoms with Crippen LogP contribution in [0.15, 0.2) is 5.38 Å². The lowest BCUT2D eigenvalue weighted by atomic mass is 10.0. The van der Waals surface area contributed by atoms with Gasteiger partial charge in [-0.15, -0.1) is 11.3 Å². The standard InChI is InChI=1S/C13H18N2O3S/c1-9(16)11-8-19-13(14-11)15-12(17)6-5-10-4-2-3-7-18-10/h8,10H,2-7H2,1H3,(H,14,15,17). The van der Waals surface area contributed by atoms with Crippen molar-refractivity contribution in [1.29, 1.82) is 0 Å². The van der Waals surface area contributed by atoms with Gasteiger partial charge in [-0.25, -0.2) is 4.98 Å². The maximum atomic E-state index is 11.7. The van der Waals surface area contributed by atoms with Crippen LogP contribution in [-0.4, -0.2) is 29.4 Å². The number of thiazole rings is 1. The number of ether oxygens (including phenoxy) is 1. The van der Waals surface area contributed by atoms with Crippen molar-refractivity contribution in [1.82, 2.24) is 4.98 Å². The first kappa shape index (κ1) is 14.1. The summed E-state index contributed by atoms with van der Waals surface area (Å²) in [7, 11) is 0. The molecular formula is C13H18N2O3S. The molecule has 104 valence electrons. The molecule has 5 nitrogen and oxygen atoms in total. The van der Waals surface area contributed by atoms with Crippen molar-refractivity contribution < 1.29 is 14.3 Å². The number of nitrogens with one attached hydrogen (secondary N) is 1. The summed E-state index contributed by atoms with van der Waals surface area (Å²) in [6, 6.07) is 0. The number of rotatable bonds is 5. The molecule has 0 spiro atoms. The molecule has 1 atom stereocenters. The Kier molecular flexibility index (Phi) is 5.04. The Bertz CT molecular complexity index is 452. The van der Waals surface area contributed by atoms with Crippen LogP contribution in [0.25, 0.3) is 0 Å². The van der Waals surface area contributed by atoms with Crippen molar-refractivity contribution in [3.8, 4) is 0 Å². The first-order valence-electron chi connectivity index (χ1n) is 6.53. The van der Waals surface area contributed by atoms with Crippen molar-refractivity contribution in [3.05, 3.63) is 11.1 Å². The molecular weight excluding hydrogens is 264 g/mol. The number of hydrogen-bond donors (Lipinski definition) is 1. The summed E-state index contributed by atoms with van der Waals surface area (Å²) < 4.78 is 5.58. The first-order valence-corrected chi connectivity index (χ1v) is 7.41. The minimum absolute atomic E-state index is 0.0707. The lowest BCUT2D eigenvalue weighted by Gasteiger charge is -2.21. The van der Waals surface area contributed by atoms with Gasteiger partial charge >= 0.3 is 0 Å². The predicted molar refractivity (Wildman–Crippen MR) is 73.6 cm³/mol. The smallest absolute Gasteiger partial charge is 0.226 e. The van der Waals surface area contributed by atoms with E-state index in [1.165, 1.54) is 24.7 Å². The Morgan fingerprint density at radius 1 is 1.53 bits per heavy atom. The first-order chi connectivity index (χ1) is 9.15. The molecule has 0 saturated carbocycles. The van der Waals surface area contributed by atoms with E-state index in [0.29, 0.717) is 17.2 Å². The highest BCUT2D eigenvalue weighted by atomic mass is 32.1. The van der Waals surface area contributed by atoms with E-state index in [2.05, 4.69) is 10.3 Å². The number of hydrogen-bond acceptors (Lipinski definition) is 5. The molecule has 1 N–H and O–H groups in total. The van der Waals surface area contributed by atoms with Gasteiger partial charge in [-0.3, -0.25) is 9.59 Å². The monoisotopic (exact) mass is 282 g/mol. The summed E-state index contributed by atoms with van der Waals surface area (Å²) in [5.74, 6) is -0.161. The summed E-state index contributed by atoms with van der Waals surface area (Å²) in [5, 5.41) is 4.86. The van der Waals surface area contributed by atoms with E-state index >= 15 is 0 Å². The van der Waals surface area contributed by atoms with E-state index in [1.807, 2.05) is 0 Å². The molecule has 2 rings (SSSR count). The van der Waals surface area contributed by atoms with Crippen LogP contribution in [0.5, 0.6) is 0 Å². The van der Waals surface area contributed by atoms with E-state index < -0.39 is 0 Å². The summed E-state index contributed by atoms with van der Waals surface area (Å²) in [4.78, 5) is 26.9. The fraction of sp³-hybridized carbons (Fsp3) is 0.615. The van der Waals surface area contributed by atoms with Gasteiger partial charge in [0.05, 0.1) is 6.10 Å². The summed E-state index contributed by atoms with van der Waals surface area (Å²) in [5.41, 5.74) is 0.399. The van der Waals surface area contributed by atoms with Gasteiger partial charge in [0.2, 0.25) is 5.91 Å². The Hall–Kier alpha value is -1.27. The van der Waals surface area contributed by atoms with Crippen LogP contribution in [-0.2, 0) is 9.53 Å². The fourth-order valence-electron chi connectivity index (χ4n) is 2.00. The van der Waals surface area contributed by atoms with Gasteiger partial charge in [0.15, 0.2) is 10.9 Å². The molecule has 1 aliphatic rings. The van der Waals surface area contributed by atoms with Gasteiger partial charge in [-0.1, -0.05) is 0 Å². The quantitative estimate of drug-likeness (QED) is 0.843. The molecule has 0 aliphatic carbocycles. The number of Topliss-reactive ketones (excluding diaryl/α,β-unsaturated/α-hetero) is 1. The average molecular weight is 282 g/mol. The predicted octanol–water partition coefficient (Wildman–Crippen LogP) is 2.63. The van der Waals surface area contributed by atoms with Gasteiger partial charge in [0.1, 0.15) is 5.69 Å². The fourth-order valence-corrected chi connectivity index (χ4v) is 2.77. The average Bonchev–Trinajstić information content (AvgIpc) is 2.86. The van der Waals surface area contributed by atoms with Gasteiger partial charge in [0.25, 0.3) is 0 Å². The minimum atomic E-state index is -0.0904.